The highest BCUT2D eigenvalue weighted by molar-refractivity contribution is 6.36. The smallest absolute Gasteiger partial charge is 0.278 e. The van der Waals surface area contributed by atoms with Gasteiger partial charge in [0, 0.05) is 16.8 Å². The highest BCUT2D eigenvalue weighted by Crippen LogP contribution is 2.33. The van der Waals surface area contributed by atoms with Crippen LogP contribution in [0.5, 0.6) is 5.75 Å². The fraction of sp³-hybridized carbons (Fsp3) is 0.185. The number of imide groups is 1. The maximum Gasteiger partial charge on any atom is 0.278 e. The lowest BCUT2D eigenvalue weighted by Crippen LogP contribution is -2.32. The Labute approximate surface area is 198 Å². The molecule has 0 bridgehead atoms. The molecule has 1 heterocycles. The Balaban J connectivity index is 1.71. The molecule has 6 heteroatoms. The van der Waals surface area contributed by atoms with Crippen LogP contribution in [-0.4, -0.2) is 23.3 Å². The van der Waals surface area contributed by atoms with Crippen LogP contribution in [0.4, 0.5) is 5.69 Å². The molecule has 0 radical (unpaired) electrons. The topological polar surface area (TPSA) is 58.6 Å². The Morgan fingerprint density at radius 1 is 0.939 bits per heavy atom. The van der Waals surface area contributed by atoms with E-state index >= 15 is 0 Å². The Morgan fingerprint density at radius 3 is 2.42 bits per heavy atom. The van der Waals surface area contributed by atoms with Crippen molar-refractivity contribution in [3.63, 3.8) is 0 Å². The molecular formula is C27H25ClN2O3. The zero-order chi connectivity index (χ0) is 23.4. The van der Waals surface area contributed by atoms with Crippen LogP contribution in [0.25, 0.3) is 5.57 Å². The summed E-state index contributed by atoms with van der Waals surface area (Å²) in [6.07, 6.45) is 0.893. The summed E-state index contributed by atoms with van der Waals surface area (Å²) in [4.78, 5) is 28.2. The van der Waals surface area contributed by atoms with Gasteiger partial charge in [0.25, 0.3) is 11.8 Å². The van der Waals surface area contributed by atoms with Crippen molar-refractivity contribution in [3.05, 3.63) is 100 Å². The van der Waals surface area contributed by atoms with Crippen LogP contribution in [0.3, 0.4) is 0 Å². The predicted molar refractivity (Wildman–Crippen MR) is 131 cm³/mol. The number of halogens is 1. The van der Waals surface area contributed by atoms with Crippen LogP contribution in [0.2, 0.25) is 5.02 Å². The number of aryl methyl sites for hydroxylation is 1. The van der Waals surface area contributed by atoms with E-state index in [0.29, 0.717) is 39.8 Å². The van der Waals surface area contributed by atoms with Gasteiger partial charge in [0.05, 0.1) is 18.7 Å². The van der Waals surface area contributed by atoms with Crippen LogP contribution in [0, 0.1) is 6.92 Å². The molecule has 0 unspecified atom stereocenters. The molecule has 3 aromatic rings. The SMILES string of the molecule is CCCOc1cccc(NC2=C(c3ccc(C)cc3)C(=O)N(Cc3ccccc3Cl)C2=O)c1. The highest BCUT2D eigenvalue weighted by atomic mass is 35.5. The summed E-state index contributed by atoms with van der Waals surface area (Å²) in [7, 11) is 0. The molecule has 0 fully saturated rings. The van der Waals surface area contributed by atoms with E-state index in [9.17, 15) is 9.59 Å². The standard InChI is InChI=1S/C27H25ClN2O3/c1-3-15-33-22-9-6-8-21(16-22)29-25-24(19-13-11-18(2)12-14-19)26(31)30(27(25)32)17-20-7-4-5-10-23(20)28/h4-14,16,29H,3,15,17H2,1-2H3. The molecule has 1 N–H and O–H groups in total. The van der Waals surface area contributed by atoms with E-state index in [1.165, 1.54) is 4.90 Å². The normalized spacial score (nSPS) is 13.6. The Bertz CT molecular complexity index is 1220. The molecule has 168 valence electrons. The zero-order valence-corrected chi connectivity index (χ0v) is 19.4. The van der Waals surface area contributed by atoms with Crippen molar-refractivity contribution >= 4 is 34.7 Å². The molecule has 2 amide bonds. The average Bonchev–Trinajstić information content (AvgIpc) is 3.04. The predicted octanol–water partition coefficient (Wildman–Crippen LogP) is 5.83. The van der Waals surface area contributed by atoms with Gasteiger partial charge in [0.15, 0.2) is 0 Å². The maximum atomic E-state index is 13.5. The third kappa shape index (κ3) is 4.94. The second-order valence-electron chi connectivity index (χ2n) is 7.91. The Kier molecular flexibility index (Phi) is 6.80. The summed E-state index contributed by atoms with van der Waals surface area (Å²) in [5.41, 5.74) is 3.71. The van der Waals surface area contributed by atoms with E-state index in [0.717, 1.165) is 12.0 Å². The number of ether oxygens (including phenoxy) is 1. The number of nitrogens with zero attached hydrogens (tertiary/aromatic N) is 1. The number of benzene rings is 3. The second kappa shape index (κ2) is 9.92. The van der Waals surface area contributed by atoms with E-state index in [4.69, 9.17) is 16.3 Å². The molecule has 0 spiro atoms. The summed E-state index contributed by atoms with van der Waals surface area (Å²) in [6.45, 7) is 4.71. The molecule has 33 heavy (non-hydrogen) atoms. The van der Waals surface area contributed by atoms with Crippen molar-refractivity contribution in [2.24, 2.45) is 0 Å². The number of carbonyl (C=O) groups excluding carboxylic acids is 2. The first-order valence-electron chi connectivity index (χ1n) is 10.9. The van der Waals surface area contributed by atoms with E-state index in [2.05, 4.69) is 5.32 Å². The first-order valence-corrected chi connectivity index (χ1v) is 11.3. The Hall–Kier alpha value is -3.57. The number of carbonyl (C=O) groups is 2. The number of anilines is 1. The van der Waals surface area contributed by atoms with Crippen molar-refractivity contribution in [1.82, 2.24) is 4.90 Å². The van der Waals surface area contributed by atoms with Crippen molar-refractivity contribution in [2.75, 3.05) is 11.9 Å². The molecule has 5 nitrogen and oxygen atoms in total. The van der Waals surface area contributed by atoms with Crippen molar-refractivity contribution in [1.29, 1.82) is 0 Å². The molecule has 3 aromatic carbocycles. The zero-order valence-electron chi connectivity index (χ0n) is 18.6. The summed E-state index contributed by atoms with van der Waals surface area (Å²) in [5, 5.41) is 3.70. The Morgan fingerprint density at radius 2 is 1.70 bits per heavy atom. The molecule has 0 saturated carbocycles. The molecule has 1 aliphatic heterocycles. The molecular weight excluding hydrogens is 436 g/mol. The first-order chi connectivity index (χ1) is 16.0. The van der Waals surface area contributed by atoms with Gasteiger partial charge in [0.2, 0.25) is 0 Å². The third-order valence-corrected chi connectivity index (χ3v) is 5.74. The van der Waals surface area contributed by atoms with Gasteiger partial charge in [-0.3, -0.25) is 14.5 Å². The van der Waals surface area contributed by atoms with Gasteiger partial charge in [-0.25, -0.2) is 0 Å². The van der Waals surface area contributed by atoms with E-state index < -0.39 is 5.91 Å². The maximum absolute atomic E-state index is 13.5. The third-order valence-electron chi connectivity index (χ3n) is 5.37. The molecule has 0 aromatic heterocycles. The number of hydrogen-bond donors (Lipinski definition) is 1. The number of hydrogen-bond acceptors (Lipinski definition) is 4. The summed E-state index contributed by atoms with van der Waals surface area (Å²) >= 11 is 6.30. The van der Waals surface area contributed by atoms with Crippen LogP contribution in [-0.2, 0) is 16.1 Å². The lowest BCUT2D eigenvalue weighted by molar-refractivity contribution is -0.137. The average molecular weight is 461 g/mol. The lowest BCUT2D eigenvalue weighted by Gasteiger charge is -2.16. The van der Waals surface area contributed by atoms with E-state index in [-0.39, 0.29) is 18.1 Å². The van der Waals surface area contributed by atoms with Gasteiger partial charge >= 0.3 is 0 Å². The van der Waals surface area contributed by atoms with Gasteiger partial charge in [-0.15, -0.1) is 0 Å². The minimum absolute atomic E-state index is 0.0948. The number of nitrogens with one attached hydrogen (secondary N) is 1. The summed E-state index contributed by atoms with van der Waals surface area (Å²) in [5.74, 6) is -0.0518. The van der Waals surface area contributed by atoms with E-state index in [1.807, 2.05) is 80.6 Å². The van der Waals surface area contributed by atoms with Crippen LogP contribution in [0.15, 0.2) is 78.5 Å². The fourth-order valence-electron chi connectivity index (χ4n) is 3.65. The van der Waals surface area contributed by atoms with Crippen LogP contribution >= 0.6 is 11.6 Å². The minimum Gasteiger partial charge on any atom is -0.494 e. The van der Waals surface area contributed by atoms with Gasteiger partial charge in [-0.1, -0.05) is 72.6 Å². The van der Waals surface area contributed by atoms with Gasteiger partial charge < -0.3 is 10.1 Å². The van der Waals surface area contributed by atoms with Crippen molar-refractivity contribution < 1.29 is 14.3 Å². The highest BCUT2D eigenvalue weighted by Gasteiger charge is 2.39. The fourth-order valence-corrected chi connectivity index (χ4v) is 3.84. The molecule has 0 atom stereocenters. The quantitative estimate of drug-likeness (QED) is 0.430. The van der Waals surface area contributed by atoms with E-state index in [1.54, 1.807) is 6.07 Å². The van der Waals surface area contributed by atoms with Gasteiger partial charge in [-0.2, -0.15) is 0 Å². The van der Waals surface area contributed by atoms with Crippen molar-refractivity contribution in [3.8, 4) is 5.75 Å². The van der Waals surface area contributed by atoms with Gasteiger partial charge in [-0.05, 0) is 42.7 Å². The molecule has 0 saturated heterocycles. The second-order valence-corrected chi connectivity index (χ2v) is 8.31. The molecule has 4 rings (SSSR count). The largest absolute Gasteiger partial charge is 0.494 e. The van der Waals surface area contributed by atoms with Crippen molar-refractivity contribution in [2.45, 2.75) is 26.8 Å². The summed E-state index contributed by atoms with van der Waals surface area (Å²) in [6, 6.07) is 22.2. The molecule has 0 aliphatic carbocycles. The summed E-state index contributed by atoms with van der Waals surface area (Å²) < 4.78 is 5.71. The monoisotopic (exact) mass is 460 g/mol. The number of rotatable bonds is 8. The van der Waals surface area contributed by atoms with Gasteiger partial charge in [0.1, 0.15) is 11.4 Å². The lowest BCUT2D eigenvalue weighted by atomic mass is 10.0. The minimum atomic E-state index is -0.393. The first kappa shape index (κ1) is 22.6. The van der Waals surface area contributed by atoms with Crippen LogP contribution in [0.1, 0.15) is 30.0 Å². The molecule has 1 aliphatic rings. The number of amides is 2. The van der Waals surface area contributed by atoms with Crippen LogP contribution < -0.4 is 10.1 Å².